The second-order valence-electron chi connectivity index (χ2n) is 5.08. The van der Waals surface area contributed by atoms with Gasteiger partial charge in [-0.1, -0.05) is 18.2 Å². The van der Waals surface area contributed by atoms with Crippen molar-refractivity contribution in [3.05, 3.63) is 34.9 Å². The van der Waals surface area contributed by atoms with Gasteiger partial charge in [-0.25, -0.2) is 0 Å². The minimum absolute atomic E-state index is 0.277. The van der Waals surface area contributed by atoms with Gasteiger partial charge in [0.1, 0.15) is 0 Å². The van der Waals surface area contributed by atoms with E-state index in [2.05, 4.69) is 30.8 Å². The van der Waals surface area contributed by atoms with Crippen molar-refractivity contribution in [3.63, 3.8) is 0 Å². The van der Waals surface area contributed by atoms with Crippen molar-refractivity contribution in [2.24, 2.45) is 0 Å². The van der Waals surface area contributed by atoms with E-state index in [1.807, 2.05) is 0 Å². The van der Waals surface area contributed by atoms with E-state index >= 15 is 0 Å². The van der Waals surface area contributed by atoms with Crippen LogP contribution < -0.4 is 0 Å². The molecule has 0 N–H and O–H groups in total. The Labute approximate surface area is 103 Å². The van der Waals surface area contributed by atoms with Gasteiger partial charge in [-0.05, 0) is 48.1 Å². The van der Waals surface area contributed by atoms with Gasteiger partial charge < -0.3 is 4.74 Å². The molecule has 0 unspecified atom stereocenters. The second kappa shape index (κ2) is 4.08. The lowest BCUT2D eigenvalue weighted by Crippen LogP contribution is -2.47. The minimum Gasteiger partial charge on any atom is -0.379 e. The van der Waals surface area contributed by atoms with Crippen LogP contribution in [0.3, 0.4) is 0 Å². The fourth-order valence-corrected chi connectivity index (χ4v) is 3.35. The molecule has 1 aromatic rings. The van der Waals surface area contributed by atoms with Gasteiger partial charge in [0.15, 0.2) is 0 Å². The Balaban J connectivity index is 1.93. The molecule has 0 saturated carbocycles. The third-order valence-corrected chi connectivity index (χ3v) is 4.28. The van der Waals surface area contributed by atoms with Crippen LogP contribution in [0.25, 0.3) is 0 Å². The summed E-state index contributed by atoms with van der Waals surface area (Å²) in [5.41, 5.74) is 4.89. The van der Waals surface area contributed by atoms with Gasteiger partial charge >= 0.3 is 0 Å². The molecule has 2 heteroatoms. The van der Waals surface area contributed by atoms with Gasteiger partial charge in [-0.15, -0.1) is 0 Å². The number of thiol groups is 1. The molecular formula is C14H18OS. The lowest BCUT2D eigenvalue weighted by Gasteiger charge is -2.42. The molecule has 0 spiro atoms. The fraction of sp³-hybridized carbons (Fsp3) is 0.571. The van der Waals surface area contributed by atoms with E-state index in [9.17, 15) is 0 Å². The standard InChI is InChI=1S/C14H18OS/c16-7-6-14(9-15-10-14)13-5-4-11-2-1-3-12(11)8-13/h4-5,8,16H,1-3,6-7,9-10H2. The Hall–Kier alpha value is -0.470. The summed E-state index contributed by atoms with van der Waals surface area (Å²) in [7, 11) is 0. The normalized spacial score (nSPS) is 21.6. The predicted molar refractivity (Wildman–Crippen MR) is 69.4 cm³/mol. The predicted octanol–water partition coefficient (Wildman–Crippen LogP) is 2.76. The molecule has 1 nitrogen and oxygen atoms in total. The highest BCUT2D eigenvalue weighted by Crippen LogP contribution is 2.38. The van der Waals surface area contributed by atoms with Crippen LogP contribution in [-0.4, -0.2) is 19.0 Å². The highest BCUT2D eigenvalue weighted by molar-refractivity contribution is 7.80. The third-order valence-electron chi connectivity index (χ3n) is 4.06. The third kappa shape index (κ3) is 1.59. The SMILES string of the molecule is SCCC1(c2ccc3c(c2)CCC3)COC1. The number of aryl methyl sites for hydroxylation is 2. The Morgan fingerprint density at radius 2 is 2.00 bits per heavy atom. The minimum atomic E-state index is 0.277. The van der Waals surface area contributed by atoms with Crippen LogP contribution in [0.1, 0.15) is 29.5 Å². The van der Waals surface area contributed by atoms with Crippen LogP contribution in [0.2, 0.25) is 0 Å². The van der Waals surface area contributed by atoms with E-state index < -0.39 is 0 Å². The van der Waals surface area contributed by atoms with Gasteiger partial charge in [0, 0.05) is 5.41 Å². The average molecular weight is 234 g/mol. The number of hydrogen-bond acceptors (Lipinski definition) is 2. The molecule has 0 radical (unpaired) electrons. The molecular weight excluding hydrogens is 216 g/mol. The first kappa shape index (κ1) is 10.7. The molecule has 1 fully saturated rings. The Bertz CT molecular complexity index is 396. The van der Waals surface area contributed by atoms with Crippen molar-refractivity contribution in [2.75, 3.05) is 19.0 Å². The summed E-state index contributed by atoms with van der Waals surface area (Å²) < 4.78 is 5.43. The zero-order valence-corrected chi connectivity index (χ0v) is 10.4. The van der Waals surface area contributed by atoms with Crippen LogP contribution in [0, 0.1) is 0 Å². The maximum Gasteiger partial charge on any atom is 0.0585 e. The number of hydrogen-bond donors (Lipinski definition) is 1. The highest BCUT2D eigenvalue weighted by atomic mass is 32.1. The van der Waals surface area contributed by atoms with Crippen molar-refractivity contribution in [3.8, 4) is 0 Å². The quantitative estimate of drug-likeness (QED) is 0.791. The first-order chi connectivity index (χ1) is 7.84. The zero-order valence-electron chi connectivity index (χ0n) is 9.54. The lowest BCUT2D eigenvalue weighted by molar-refractivity contribution is -0.0614. The number of ether oxygens (including phenoxy) is 1. The zero-order chi connectivity index (χ0) is 11.0. The molecule has 86 valence electrons. The molecule has 1 aliphatic carbocycles. The molecule has 1 aromatic carbocycles. The van der Waals surface area contributed by atoms with Gasteiger partial charge in [-0.2, -0.15) is 12.6 Å². The fourth-order valence-electron chi connectivity index (χ4n) is 2.92. The summed E-state index contributed by atoms with van der Waals surface area (Å²) in [4.78, 5) is 0. The van der Waals surface area contributed by atoms with Crippen molar-refractivity contribution < 1.29 is 4.74 Å². The van der Waals surface area contributed by atoms with Crippen molar-refractivity contribution in [1.82, 2.24) is 0 Å². The summed E-state index contributed by atoms with van der Waals surface area (Å²) in [6.07, 6.45) is 5.00. The van der Waals surface area contributed by atoms with Crippen LogP contribution >= 0.6 is 12.6 Å². The number of fused-ring (bicyclic) bond motifs is 1. The molecule has 1 aliphatic heterocycles. The molecule has 3 rings (SSSR count). The van der Waals surface area contributed by atoms with Crippen LogP contribution in [0.5, 0.6) is 0 Å². The Kier molecular flexibility index (Phi) is 2.72. The summed E-state index contributed by atoms with van der Waals surface area (Å²) in [5, 5.41) is 0. The summed E-state index contributed by atoms with van der Waals surface area (Å²) in [5.74, 6) is 0.945. The maximum atomic E-state index is 5.43. The van der Waals surface area contributed by atoms with Crippen molar-refractivity contribution >= 4 is 12.6 Å². The molecule has 0 atom stereocenters. The monoisotopic (exact) mass is 234 g/mol. The highest BCUT2D eigenvalue weighted by Gasteiger charge is 2.39. The van der Waals surface area contributed by atoms with Gasteiger partial charge in [0.25, 0.3) is 0 Å². The van der Waals surface area contributed by atoms with E-state index in [1.54, 1.807) is 11.1 Å². The summed E-state index contributed by atoms with van der Waals surface area (Å²) in [6.45, 7) is 1.76. The molecule has 1 saturated heterocycles. The smallest absolute Gasteiger partial charge is 0.0585 e. The first-order valence-corrected chi connectivity index (χ1v) is 6.78. The van der Waals surface area contributed by atoms with Gasteiger partial charge in [0.2, 0.25) is 0 Å². The molecule has 2 aliphatic rings. The van der Waals surface area contributed by atoms with E-state index in [1.165, 1.54) is 24.8 Å². The summed E-state index contributed by atoms with van der Waals surface area (Å²) in [6, 6.07) is 7.07. The van der Waals surface area contributed by atoms with E-state index in [0.717, 1.165) is 25.4 Å². The largest absolute Gasteiger partial charge is 0.379 e. The Morgan fingerprint density at radius 3 is 2.69 bits per heavy atom. The molecule has 1 heterocycles. The molecule has 0 bridgehead atoms. The van der Waals surface area contributed by atoms with E-state index in [-0.39, 0.29) is 5.41 Å². The average Bonchev–Trinajstić information content (AvgIpc) is 2.70. The van der Waals surface area contributed by atoms with Gasteiger partial charge in [-0.3, -0.25) is 0 Å². The van der Waals surface area contributed by atoms with Crippen molar-refractivity contribution in [1.29, 1.82) is 0 Å². The van der Waals surface area contributed by atoms with Crippen LogP contribution in [0.15, 0.2) is 18.2 Å². The molecule has 16 heavy (non-hydrogen) atoms. The topological polar surface area (TPSA) is 9.23 Å². The lowest BCUT2D eigenvalue weighted by atomic mass is 9.75. The van der Waals surface area contributed by atoms with Crippen LogP contribution in [0.4, 0.5) is 0 Å². The molecule has 0 amide bonds. The van der Waals surface area contributed by atoms with E-state index in [0.29, 0.717) is 0 Å². The number of rotatable bonds is 3. The van der Waals surface area contributed by atoms with Crippen LogP contribution in [-0.2, 0) is 23.0 Å². The Morgan fingerprint density at radius 1 is 1.19 bits per heavy atom. The number of benzene rings is 1. The second-order valence-corrected chi connectivity index (χ2v) is 5.53. The van der Waals surface area contributed by atoms with Crippen molar-refractivity contribution in [2.45, 2.75) is 31.1 Å². The molecule has 0 aromatic heterocycles. The van der Waals surface area contributed by atoms with Gasteiger partial charge in [0.05, 0.1) is 13.2 Å². The van der Waals surface area contributed by atoms with E-state index in [4.69, 9.17) is 4.74 Å². The summed E-state index contributed by atoms with van der Waals surface area (Å²) >= 11 is 4.38. The first-order valence-electron chi connectivity index (χ1n) is 6.15. The maximum absolute atomic E-state index is 5.43.